The third kappa shape index (κ3) is 3.96. The summed E-state index contributed by atoms with van der Waals surface area (Å²) in [5.41, 5.74) is 3.02. The molecule has 0 radical (unpaired) electrons. The summed E-state index contributed by atoms with van der Waals surface area (Å²) in [7, 11) is 0. The van der Waals surface area contributed by atoms with Gasteiger partial charge in [-0.1, -0.05) is 68.7 Å². The summed E-state index contributed by atoms with van der Waals surface area (Å²) < 4.78 is 0. The second-order valence-electron chi connectivity index (χ2n) is 5.09. The van der Waals surface area contributed by atoms with Crippen molar-refractivity contribution in [1.82, 2.24) is 0 Å². The highest BCUT2D eigenvalue weighted by molar-refractivity contribution is 5.63. The van der Waals surface area contributed by atoms with Crippen molar-refractivity contribution in [3.63, 3.8) is 0 Å². The number of nitrogens with zero attached hydrogens (tertiary/aromatic N) is 1. The Morgan fingerprint density at radius 3 is 1.84 bits per heavy atom. The largest absolute Gasteiger partial charge is 0.192 e. The second-order valence-corrected chi connectivity index (χ2v) is 5.09. The van der Waals surface area contributed by atoms with E-state index in [2.05, 4.69) is 25.1 Å². The predicted molar refractivity (Wildman–Crippen MR) is 79.6 cm³/mol. The van der Waals surface area contributed by atoms with E-state index < -0.39 is 0 Å². The Kier molecular flexibility index (Phi) is 4.75. The van der Waals surface area contributed by atoms with Gasteiger partial charge in [0, 0.05) is 0 Å². The van der Waals surface area contributed by atoms with E-state index in [9.17, 15) is 0 Å². The summed E-state index contributed by atoms with van der Waals surface area (Å²) in [5, 5.41) is 8.65. The van der Waals surface area contributed by atoms with Crippen molar-refractivity contribution in [3.05, 3.63) is 60.2 Å². The highest BCUT2D eigenvalue weighted by atomic mass is 14.2. The van der Waals surface area contributed by atoms with Gasteiger partial charge in [-0.25, -0.2) is 0 Å². The molecule has 0 heterocycles. The molecule has 1 aliphatic rings. The summed E-state index contributed by atoms with van der Waals surface area (Å²) in [6.07, 6.45) is 4.46. The first-order valence-corrected chi connectivity index (χ1v) is 6.85. The third-order valence-corrected chi connectivity index (χ3v) is 3.51. The summed E-state index contributed by atoms with van der Waals surface area (Å²) in [6, 6.07) is 19.8. The molecule has 0 N–H and O–H groups in total. The summed E-state index contributed by atoms with van der Waals surface area (Å²) in [4.78, 5) is 0. The standard InChI is InChI=1S/C13H9N.C5H10/c14-10-11-6-8-13(9-7-11)12-4-2-1-3-5-12;1-5-3-2-4-5/h1-9H;5H,2-4H2,1H3. The minimum Gasteiger partial charge on any atom is -0.192 e. The van der Waals surface area contributed by atoms with E-state index >= 15 is 0 Å². The average molecular weight is 249 g/mol. The molecular weight excluding hydrogens is 230 g/mol. The number of hydrogen-bond donors (Lipinski definition) is 0. The van der Waals surface area contributed by atoms with Crippen LogP contribution in [-0.4, -0.2) is 0 Å². The van der Waals surface area contributed by atoms with Crippen LogP contribution in [0.15, 0.2) is 54.6 Å². The summed E-state index contributed by atoms with van der Waals surface area (Å²) in [5.74, 6) is 1.06. The topological polar surface area (TPSA) is 23.8 Å². The van der Waals surface area contributed by atoms with Crippen LogP contribution in [0.5, 0.6) is 0 Å². The molecule has 1 fully saturated rings. The third-order valence-electron chi connectivity index (χ3n) is 3.51. The van der Waals surface area contributed by atoms with E-state index in [4.69, 9.17) is 5.26 Å². The molecule has 3 rings (SSSR count). The van der Waals surface area contributed by atoms with Gasteiger partial charge in [0.25, 0.3) is 0 Å². The van der Waals surface area contributed by atoms with Crippen LogP contribution < -0.4 is 0 Å². The minimum atomic E-state index is 0.699. The van der Waals surface area contributed by atoms with Gasteiger partial charge in [0.1, 0.15) is 0 Å². The lowest BCUT2D eigenvalue weighted by atomic mass is 9.88. The Bertz CT molecular complexity index is 530. The van der Waals surface area contributed by atoms with Crippen LogP contribution in [0.4, 0.5) is 0 Å². The van der Waals surface area contributed by atoms with Crippen LogP contribution in [0.3, 0.4) is 0 Å². The molecule has 2 aromatic rings. The molecule has 0 aromatic heterocycles. The summed E-state index contributed by atoms with van der Waals surface area (Å²) >= 11 is 0. The highest BCUT2D eigenvalue weighted by Crippen LogP contribution is 2.24. The van der Waals surface area contributed by atoms with Gasteiger partial charge in [0.15, 0.2) is 0 Å². The normalized spacial score (nSPS) is 13.7. The van der Waals surface area contributed by atoms with Gasteiger partial charge in [-0.05, 0) is 29.2 Å². The molecule has 1 saturated carbocycles. The lowest BCUT2D eigenvalue weighted by Crippen LogP contribution is -2.04. The van der Waals surface area contributed by atoms with Crippen molar-refractivity contribution in [2.75, 3.05) is 0 Å². The summed E-state index contributed by atoms with van der Waals surface area (Å²) in [6.45, 7) is 2.31. The van der Waals surface area contributed by atoms with Crippen LogP contribution in [0, 0.1) is 17.2 Å². The molecule has 0 amide bonds. The van der Waals surface area contributed by atoms with E-state index in [0.29, 0.717) is 5.56 Å². The number of nitriles is 1. The first kappa shape index (κ1) is 13.4. The van der Waals surface area contributed by atoms with Gasteiger partial charge in [0.05, 0.1) is 11.6 Å². The fourth-order valence-electron chi connectivity index (χ4n) is 1.98. The Morgan fingerprint density at radius 2 is 1.42 bits per heavy atom. The molecule has 19 heavy (non-hydrogen) atoms. The zero-order valence-corrected chi connectivity index (χ0v) is 11.3. The fraction of sp³-hybridized carbons (Fsp3) is 0.278. The maximum absolute atomic E-state index is 8.65. The van der Waals surface area contributed by atoms with Crippen molar-refractivity contribution in [2.45, 2.75) is 26.2 Å². The van der Waals surface area contributed by atoms with Crippen LogP contribution in [0.2, 0.25) is 0 Å². The van der Waals surface area contributed by atoms with Gasteiger partial charge >= 0.3 is 0 Å². The van der Waals surface area contributed by atoms with Gasteiger partial charge in [0.2, 0.25) is 0 Å². The molecule has 1 aliphatic carbocycles. The number of benzene rings is 2. The molecule has 0 unspecified atom stereocenters. The maximum Gasteiger partial charge on any atom is 0.0991 e. The molecule has 1 nitrogen and oxygen atoms in total. The van der Waals surface area contributed by atoms with E-state index in [1.165, 1.54) is 24.8 Å². The first-order valence-electron chi connectivity index (χ1n) is 6.85. The van der Waals surface area contributed by atoms with E-state index in [-0.39, 0.29) is 0 Å². The van der Waals surface area contributed by atoms with Crippen LogP contribution in [0.25, 0.3) is 11.1 Å². The minimum absolute atomic E-state index is 0.699. The lowest BCUT2D eigenvalue weighted by Gasteiger charge is -2.18. The van der Waals surface area contributed by atoms with E-state index in [1.807, 2.05) is 42.5 Å². The van der Waals surface area contributed by atoms with Crippen molar-refractivity contribution >= 4 is 0 Å². The molecule has 1 heteroatoms. The van der Waals surface area contributed by atoms with Gasteiger partial charge in [-0.15, -0.1) is 0 Å². The maximum atomic E-state index is 8.65. The molecule has 0 atom stereocenters. The van der Waals surface area contributed by atoms with Gasteiger partial charge in [-0.3, -0.25) is 0 Å². The first-order chi connectivity index (χ1) is 9.29. The van der Waals surface area contributed by atoms with Crippen LogP contribution in [0.1, 0.15) is 31.7 Å². The fourth-order valence-corrected chi connectivity index (χ4v) is 1.98. The van der Waals surface area contributed by atoms with Crippen molar-refractivity contribution in [2.24, 2.45) is 5.92 Å². The average Bonchev–Trinajstić information content (AvgIpc) is 2.47. The van der Waals surface area contributed by atoms with E-state index in [0.717, 1.165) is 11.5 Å². The van der Waals surface area contributed by atoms with Crippen molar-refractivity contribution in [3.8, 4) is 17.2 Å². The Morgan fingerprint density at radius 1 is 0.895 bits per heavy atom. The monoisotopic (exact) mass is 249 g/mol. The highest BCUT2D eigenvalue weighted by Gasteiger charge is 2.09. The Labute approximate surface area is 115 Å². The SMILES string of the molecule is CC1CCC1.N#Cc1ccc(-c2ccccc2)cc1. The number of hydrogen-bond acceptors (Lipinski definition) is 1. The molecule has 0 saturated heterocycles. The van der Waals surface area contributed by atoms with E-state index in [1.54, 1.807) is 0 Å². The Balaban J connectivity index is 0.000000224. The van der Waals surface area contributed by atoms with Crippen LogP contribution in [-0.2, 0) is 0 Å². The van der Waals surface area contributed by atoms with Gasteiger partial charge < -0.3 is 0 Å². The number of rotatable bonds is 1. The van der Waals surface area contributed by atoms with Crippen molar-refractivity contribution < 1.29 is 0 Å². The van der Waals surface area contributed by atoms with Crippen molar-refractivity contribution in [1.29, 1.82) is 5.26 Å². The zero-order valence-electron chi connectivity index (χ0n) is 11.3. The molecule has 0 aliphatic heterocycles. The predicted octanol–water partition coefficient (Wildman–Crippen LogP) is 5.03. The molecular formula is C18H19N. The smallest absolute Gasteiger partial charge is 0.0991 e. The van der Waals surface area contributed by atoms with Gasteiger partial charge in [-0.2, -0.15) is 5.26 Å². The van der Waals surface area contributed by atoms with Crippen LogP contribution >= 0.6 is 0 Å². The molecule has 0 spiro atoms. The quantitative estimate of drug-likeness (QED) is 0.695. The Hall–Kier alpha value is -2.07. The second kappa shape index (κ2) is 6.75. The molecule has 0 bridgehead atoms. The zero-order chi connectivity index (χ0) is 13.5. The molecule has 2 aromatic carbocycles. The lowest BCUT2D eigenvalue weighted by molar-refractivity contribution is 0.346. The molecule has 96 valence electrons.